The normalized spacial score (nSPS) is 14.7. The molecule has 1 N–H and O–H groups in total. The number of hydrogen-bond donors (Lipinski definition) is 1. The van der Waals surface area contributed by atoms with Crippen molar-refractivity contribution in [1.29, 1.82) is 0 Å². The number of anilines is 1. The van der Waals surface area contributed by atoms with E-state index in [0.717, 1.165) is 42.5 Å². The van der Waals surface area contributed by atoms with Crippen molar-refractivity contribution in [1.82, 2.24) is 19.5 Å². The maximum absolute atomic E-state index is 12.8. The zero-order chi connectivity index (χ0) is 18.1. The Labute approximate surface area is 150 Å². The minimum absolute atomic E-state index is 0.289. The zero-order valence-corrected chi connectivity index (χ0v) is 14.7. The van der Waals surface area contributed by atoms with Crippen molar-refractivity contribution < 1.29 is 0 Å². The van der Waals surface area contributed by atoms with Crippen LogP contribution in [0.5, 0.6) is 0 Å². The lowest BCUT2D eigenvalue weighted by molar-refractivity contribution is 0.568. The maximum atomic E-state index is 12.8. The quantitative estimate of drug-likeness (QED) is 0.780. The Morgan fingerprint density at radius 1 is 1.08 bits per heavy atom. The van der Waals surface area contributed by atoms with Crippen molar-refractivity contribution in [3.8, 4) is 5.69 Å². The van der Waals surface area contributed by atoms with Crippen LogP contribution in [-0.2, 0) is 6.42 Å². The number of nitrogens with one attached hydrogen (secondary N) is 1. The van der Waals surface area contributed by atoms with Crippen molar-refractivity contribution in [2.45, 2.75) is 32.6 Å². The molecule has 134 valence electrons. The van der Waals surface area contributed by atoms with Crippen LogP contribution in [0.3, 0.4) is 0 Å². The summed E-state index contributed by atoms with van der Waals surface area (Å²) in [6, 6.07) is 7.40. The highest BCUT2D eigenvalue weighted by molar-refractivity contribution is 5.73. The van der Waals surface area contributed by atoms with Gasteiger partial charge in [-0.05, 0) is 43.4 Å². The van der Waals surface area contributed by atoms with Gasteiger partial charge in [-0.25, -0.2) is 14.3 Å². The molecule has 1 saturated heterocycles. The molecule has 0 amide bonds. The molecule has 1 aromatic carbocycles. The molecular formula is C19H21N5O2. The average Bonchev–Trinajstić information content (AvgIpc) is 2.69. The second-order valence-corrected chi connectivity index (χ2v) is 6.57. The van der Waals surface area contributed by atoms with Gasteiger partial charge in [0.25, 0.3) is 5.56 Å². The standard InChI is InChI=1S/C19H21N5O2/c1-2-13-6-8-14(9-7-13)24-17(25)15-12-20-18(21-16(15)22-19(24)26)23-10-4-3-5-11-23/h6-9,12H,2-5,10-11H2,1H3,(H,20,21,22,26). The number of nitrogens with zero attached hydrogens (tertiary/aromatic N) is 4. The number of hydrogen-bond acceptors (Lipinski definition) is 5. The predicted molar refractivity (Wildman–Crippen MR) is 101 cm³/mol. The first-order valence-electron chi connectivity index (χ1n) is 9.03. The van der Waals surface area contributed by atoms with E-state index in [4.69, 9.17) is 0 Å². The second-order valence-electron chi connectivity index (χ2n) is 6.57. The van der Waals surface area contributed by atoms with Crippen LogP contribution in [0.15, 0.2) is 40.1 Å². The molecule has 7 heteroatoms. The molecule has 1 fully saturated rings. The first kappa shape index (κ1) is 16.5. The van der Waals surface area contributed by atoms with E-state index in [-0.39, 0.29) is 5.65 Å². The molecule has 0 bridgehead atoms. The molecular weight excluding hydrogens is 330 g/mol. The largest absolute Gasteiger partial charge is 0.341 e. The highest BCUT2D eigenvalue weighted by Gasteiger charge is 2.16. The van der Waals surface area contributed by atoms with Gasteiger partial charge in [0, 0.05) is 19.3 Å². The number of benzene rings is 1. The molecule has 3 aromatic rings. The van der Waals surface area contributed by atoms with Gasteiger partial charge in [0.2, 0.25) is 5.95 Å². The van der Waals surface area contributed by atoms with Crippen LogP contribution >= 0.6 is 0 Å². The Hall–Kier alpha value is -2.96. The number of fused-ring (bicyclic) bond motifs is 1. The summed E-state index contributed by atoms with van der Waals surface area (Å²) in [4.78, 5) is 39.0. The van der Waals surface area contributed by atoms with E-state index in [1.54, 1.807) is 12.1 Å². The second kappa shape index (κ2) is 6.74. The first-order valence-corrected chi connectivity index (χ1v) is 9.03. The number of aromatic amines is 1. The highest BCUT2D eigenvalue weighted by Crippen LogP contribution is 2.16. The van der Waals surface area contributed by atoms with E-state index < -0.39 is 11.2 Å². The van der Waals surface area contributed by atoms with Crippen LogP contribution in [-0.4, -0.2) is 32.6 Å². The lowest BCUT2D eigenvalue weighted by Crippen LogP contribution is -2.35. The monoisotopic (exact) mass is 351 g/mol. The van der Waals surface area contributed by atoms with Gasteiger partial charge in [-0.15, -0.1) is 0 Å². The molecule has 0 saturated carbocycles. The van der Waals surface area contributed by atoms with E-state index in [1.165, 1.54) is 12.6 Å². The number of rotatable bonds is 3. The molecule has 7 nitrogen and oxygen atoms in total. The number of H-pyrrole nitrogens is 1. The Kier molecular flexibility index (Phi) is 4.28. The van der Waals surface area contributed by atoms with Gasteiger partial charge in [-0.2, -0.15) is 4.98 Å². The first-order chi connectivity index (χ1) is 12.7. The topological polar surface area (TPSA) is 83.9 Å². The van der Waals surface area contributed by atoms with Gasteiger partial charge < -0.3 is 4.90 Å². The molecule has 1 aliphatic rings. The molecule has 4 rings (SSSR count). The summed E-state index contributed by atoms with van der Waals surface area (Å²) in [6.07, 6.45) is 5.83. The van der Waals surface area contributed by atoms with E-state index in [1.807, 2.05) is 12.1 Å². The van der Waals surface area contributed by atoms with Crippen LogP contribution in [0.1, 0.15) is 31.7 Å². The predicted octanol–water partition coefficient (Wildman–Crippen LogP) is 2.02. The van der Waals surface area contributed by atoms with Crippen LogP contribution in [0.25, 0.3) is 16.7 Å². The van der Waals surface area contributed by atoms with Gasteiger partial charge in [-0.1, -0.05) is 19.1 Å². The van der Waals surface area contributed by atoms with Crippen molar-refractivity contribution >= 4 is 17.0 Å². The Bertz CT molecular complexity index is 1050. The molecule has 26 heavy (non-hydrogen) atoms. The molecule has 0 atom stereocenters. The van der Waals surface area contributed by atoms with Crippen LogP contribution in [0.2, 0.25) is 0 Å². The third-order valence-electron chi connectivity index (χ3n) is 4.88. The maximum Gasteiger partial charge on any atom is 0.334 e. The summed E-state index contributed by atoms with van der Waals surface area (Å²) in [7, 11) is 0. The summed E-state index contributed by atoms with van der Waals surface area (Å²) < 4.78 is 1.13. The summed E-state index contributed by atoms with van der Waals surface area (Å²) in [5.41, 5.74) is 1.08. The highest BCUT2D eigenvalue weighted by atomic mass is 16.2. The molecule has 0 unspecified atom stereocenters. The lowest BCUT2D eigenvalue weighted by atomic mass is 10.1. The lowest BCUT2D eigenvalue weighted by Gasteiger charge is -2.26. The summed E-state index contributed by atoms with van der Waals surface area (Å²) in [6.45, 7) is 3.86. The van der Waals surface area contributed by atoms with Gasteiger partial charge in [-0.3, -0.25) is 9.78 Å². The molecule has 3 heterocycles. The SMILES string of the molecule is CCc1ccc(-n2c(=O)[nH]c3nc(N4CCCCC4)ncc3c2=O)cc1. The van der Waals surface area contributed by atoms with Crippen LogP contribution in [0, 0.1) is 0 Å². The number of piperidine rings is 1. The fourth-order valence-electron chi connectivity index (χ4n) is 3.36. The van der Waals surface area contributed by atoms with Gasteiger partial charge in [0.05, 0.1) is 5.69 Å². The molecule has 2 aromatic heterocycles. The number of aryl methyl sites for hydroxylation is 1. The van der Waals surface area contributed by atoms with Crippen LogP contribution < -0.4 is 16.1 Å². The molecule has 0 spiro atoms. The average molecular weight is 351 g/mol. The van der Waals surface area contributed by atoms with E-state index in [2.05, 4.69) is 26.8 Å². The van der Waals surface area contributed by atoms with E-state index >= 15 is 0 Å². The zero-order valence-electron chi connectivity index (χ0n) is 14.7. The number of aromatic nitrogens is 4. The Morgan fingerprint density at radius 3 is 2.50 bits per heavy atom. The fourth-order valence-corrected chi connectivity index (χ4v) is 3.36. The molecule has 0 aliphatic carbocycles. The van der Waals surface area contributed by atoms with Gasteiger partial charge in [0.1, 0.15) is 5.39 Å². The van der Waals surface area contributed by atoms with Crippen molar-refractivity contribution in [3.05, 3.63) is 56.9 Å². The van der Waals surface area contributed by atoms with E-state index in [9.17, 15) is 9.59 Å². The van der Waals surface area contributed by atoms with Gasteiger partial charge in [0.15, 0.2) is 5.65 Å². The fraction of sp³-hybridized carbons (Fsp3) is 0.368. The molecule has 0 radical (unpaired) electrons. The van der Waals surface area contributed by atoms with E-state index in [0.29, 0.717) is 17.0 Å². The Balaban J connectivity index is 1.81. The smallest absolute Gasteiger partial charge is 0.334 e. The third kappa shape index (κ3) is 2.89. The van der Waals surface area contributed by atoms with Crippen molar-refractivity contribution in [2.24, 2.45) is 0 Å². The van der Waals surface area contributed by atoms with Gasteiger partial charge >= 0.3 is 5.69 Å². The minimum Gasteiger partial charge on any atom is -0.341 e. The van der Waals surface area contributed by atoms with Crippen LogP contribution in [0.4, 0.5) is 5.95 Å². The van der Waals surface area contributed by atoms with Crippen molar-refractivity contribution in [3.63, 3.8) is 0 Å². The third-order valence-corrected chi connectivity index (χ3v) is 4.88. The minimum atomic E-state index is -0.491. The Morgan fingerprint density at radius 2 is 1.81 bits per heavy atom. The van der Waals surface area contributed by atoms with Crippen molar-refractivity contribution in [2.75, 3.05) is 18.0 Å². The summed E-state index contributed by atoms with van der Waals surface area (Å²) in [5, 5.41) is 0.310. The summed E-state index contributed by atoms with van der Waals surface area (Å²) >= 11 is 0. The molecule has 1 aliphatic heterocycles. The summed E-state index contributed by atoms with van der Waals surface area (Å²) in [5.74, 6) is 0.567.